The molecular formula is C18H23N3O2. The molecule has 1 N–H and O–H groups in total. The van der Waals surface area contributed by atoms with Crippen LogP contribution < -0.4 is 10.2 Å². The van der Waals surface area contributed by atoms with Crippen LogP contribution in [0.2, 0.25) is 0 Å². The lowest BCUT2D eigenvalue weighted by molar-refractivity contribution is -0.133. The van der Waals surface area contributed by atoms with Crippen LogP contribution in [0.25, 0.3) is 10.8 Å². The van der Waals surface area contributed by atoms with Crippen molar-refractivity contribution in [2.75, 3.05) is 32.6 Å². The van der Waals surface area contributed by atoms with Crippen LogP contribution in [0, 0.1) is 0 Å². The third-order valence-electron chi connectivity index (χ3n) is 3.74. The summed E-state index contributed by atoms with van der Waals surface area (Å²) < 4.78 is 0. The van der Waals surface area contributed by atoms with E-state index in [1.54, 1.807) is 21.0 Å². The van der Waals surface area contributed by atoms with Crippen molar-refractivity contribution in [1.29, 1.82) is 0 Å². The summed E-state index contributed by atoms with van der Waals surface area (Å²) in [5.41, 5.74) is 0.963. The molecule has 1 unspecified atom stereocenters. The number of fused-ring (bicyclic) bond motifs is 1. The molecule has 0 aliphatic rings. The predicted octanol–water partition coefficient (Wildman–Crippen LogP) is 1.87. The van der Waals surface area contributed by atoms with Gasteiger partial charge in [0.2, 0.25) is 11.8 Å². The first-order valence-corrected chi connectivity index (χ1v) is 7.59. The fourth-order valence-corrected chi connectivity index (χ4v) is 2.46. The summed E-state index contributed by atoms with van der Waals surface area (Å²) >= 11 is 0. The number of carbonyl (C=O) groups is 2. The highest BCUT2D eigenvalue weighted by Crippen LogP contribution is 2.21. The van der Waals surface area contributed by atoms with Crippen LogP contribution in [0.4, 0.5) is 5.69 Å². The number of carbonyl (C=O) groups excluding carboxylic acids is 2. The Kier molecular flexibility index (Phi) is 5.21. The Morgan fingerprint density at radius 2 is 1.70 bits per heavy atom. The Bertz CT molecular complexity index is 712. The number of rotatable bonds is 5. The number of hydrogen-bond donors (Lipinski definition) is 1. The van der Waals surface area contributed by atoms with Gasteiger partial charge in [0.15, 0.2) is 0 Å². The van der Waals surface area contributed by atoms with Crippen molar-refractivity contribution >= 4 is 28.3 Å². The van der Waals surface area contributed by atoms with Gasteiger partial charge in [-0.25, -0.2) is 0 Å². The van der Waals surface area contributed by atoms with E-state index in [1.807, 2.05) is 42.3 Å². The van der Waals surface area contributed by atoms with Gasteiger partial charge in [0.25, 0.3) is 0 Å². The van der Waals surface area contributed by atoms with E-state index in [2.05, 4.69) is 17.4 Å². The lowest BCUT2D eigenvalue weighted by atomic mass is 10.1. The molecule has 2 rings (SSSR count). The maximum absolute atomic E-state index is 12.1. The molecule has 0 aromatic heterocycles. The topological polar surface area (TPSA) is 52.7 Å². The average molecular weight is 313 g/mol. The molecule has 0 radical (unpaired) electrons. The average Bonchev–Trinajstić information content (AvgIpc) is 2.53. The second kappa shape index (κ2) is 7.13. The highest BCUT2D eigenvalue weighted by atomic mass is 16.2. The van der Waals surface area contributed by atoms with Gasteiger partial charge in [0.05, 0.1) is 6.54 Å². The normalized spacial score (nSPS) is 11.8. The molecule has 0 saturated heterocycles. The zero-order chi connectivity index (χ0) is 17.0. The van der Waals surface area contributed by atoms with E-state index >= 15 is 0 Å². The van der Waals surface area contributed by atoms with E-state index in [4.69, 9.17) is 0 Å². The number of amides is 2. The number of nitrogens with one attached hydrogen (secondary N) is 1. The van der Waals surface area contributed by atoms with Crippen molar-refractivity contribution in [3.8, 4) is 0 Å². The molecule has 0 bridgehead atoms. The van der Waals surface area contributed by atoms with Crippen molar-refractivity contribution in [1.82, 2.24) is 10.2 Å². The summed E-state index contributed by atoms with van der Waals surface area (Å²) in [7, 11) is 5.21. The van der Waals surface area contributed by atoms with Crippen molar-refractivity contribution < 1.29 is 9.59 Å². The minimum atomic E-state index is -0.525. The van der Waals surface area contributed by atoms with Gasteiger partial charge in [-0.05, 0) is 29.8 Å². The summed E-state index contributed by atoms with van der Waals surface area (Å²) in [5, 5.41) is 5.03. The number of nitrogens with zero attached hydrogens (tertiary/aromatic N) is 2. The first kappa shape index (κ1) is 16.8. The summed E-state index contributed by atoms with van der Waals surface area (Å²) in [6, 6.07) is 13.7. The van der Waals surface area contributed by atoms with Crippen LogP contribution >= 0.6 is 0 Å². The summed E-state index contributed by atoms with van der Waals surface area (Å²) in [6.45, 7) is 1.89. The number of anilines is 1. The van der Waals surface area contributed by atoms with Gasteiger partial charge in [-0.2, -0.15) is 0 Å². The van der Waals surface area contributed by atoms with Crippen molar-refractivity contribution in [2.45, 2.75) is 13.0 Å². The molecule has 0 spiro atoms. The zero-order valence-corrected chi connectivity index (χ0v) is 14.0. The van der Waals surface area contributed by atoms with Gasteiger partial charge in [-0.1, -0.05) is 30.3 Å². The molecule has 5 nitrogen and oxygen atoms in total. The predicted molar refractivity (Wildman–Crippen MR) is 93.5 cm³/mol. The highest BCUT2D eigenvalue weighted by Gasteiger charge is 2.18. The molecule has 0 saturated carbocycles. The van der Waals surface area contributed by atoms with Gasteiger partial charge in [-0.15, -0.1) is 0 Å². The molecule has 0 heterocycles. The molecule has 2 amide bonds. The standard InChI is InChI=1S/C18H23N3O2/c1-13(18(23)20(2)3)19-17(22)12-21(4)16-10-9-14-7-5-6-8-15(14)11-16/h5-11,13H,12H2,1-4H3,(H,19,22). The largest absolute Gasteiger partial charge is 0.365 e. The summed E-state index contributed by atoms with van der Waals surface area (Å²) in [6.07, 6.45) is 0. The van der Waals surface area contributed by atoms with E-state index in [0.717, 1.165) is 11.1 Å². The summed E-state index contributed by atoms with van der Waals surface area (Å²) in [5.74, 6) is -0.296. The van der Waals surface area contributed by atoms with Crippen LogP contribution in [0.3, 0.4) is 0 Å². The van der Waals surface area contributed by atoms with E-state index in [9.17, 15) is 9.59 Å². The number of likely N-dealkylation sites (N-methyl/N-ethyl adjacent to an activating group) is 2. The SMILES string of the molecule is CC(NC(=O)CN(C)c1ccc2ccccc2c1)C(=O)N(C)C. The van der Waals surface area contributed by atoms with E-state index in [0.29, 0.717) is 0 Å². The van der Waals surface area contributed by atoms with Crippen LogP contribution in [0.1, 0.15) is 6.92 Å². The molecule has 0 aliphatic heterocycles. The van der Waals surface area contributed by atoms with E-state index in [1.165, 1.54) is 10.3 Å². The monoisotopic (exact) mass is 313 g/mol. The first-order chi connectivity index (χ1) is 10.9. The smallest absolute Gasteiger partial charge is 0.244 e. The van der Waals surface area contributed by atoms with E-state index < -0.39 is 6.04 Å². The van der Waals surface area contributed by atoms with Gasteiger partial charge < -0.3 is 15.1 Å². The number of hydrogen-bond acceptors (Lipinski definition) is 3. The molecule has 1 atom stereocenters. The van der Waals surface area contributed by atoms with Crippen LogP contribution in [-0.2, 0) is 9.59 Å². The van der Waals surface area contributed by atoms with Crippen molar-refractivity contribution in [3.05, 3.63) is 42.5 Å². The first-order valence-electron chi connectivity index (χ1n) is 7.59. The van der Waals surface area contributed by atoms with Crippen LogP contribution in [0.5, 0.6) is 0 Å². The molecule has 0 fully saturated rings. The highest BCUT2D eigenvalue weighted by molar-refractivity contribution is 5.90. The third kappa shape index (κ3) is 4.22. The van der Waals surface area contributed by atoms with Gasteiger partial charge in [-0.3, -0.25) is 9.59 Å². The minimum absolute atomic E-state index is 0.119. The second-order valence-electron chi connectivity index (χ2n) is 5.91. The van der Waals surface area contributed by atoms with Gasteiger partial charge >= 0.3 is 0 Å². The summed E-state index contributed by atoms with van der Waals surface area (Å²) in [4.78, 5) is 27.2. The fourth-order valence-electron chi connectivity index (χ4n) is 2.46. The van der Waals surface area contributed by atoms with Crippen molar-refractivity contribution in [2.24, 2.45) is 0 Å². The molecule has 5 heteroatoms. The Morgan fingerprint density at radius 3 is 2.35 bits per heavy atom. The fraction of sp³-hybridized carbons (Fsp3) is 0.333. The van der Waals surface area contributed by atoms with Crippen LogP contribution in [-0.4, -0.2) is 50.4 Å². The Balaban J connectivity index is 2.01. The Labute approximate surface area is 136 Å². The van der Waals surface area contributed by atoms with E-state index in [-0.39, 0.29) is 18.4 Å². The van der Waals surface area contributed by atoms with Crippen LogP contribution in [0.15, 0.2) is 42.5 Å². The van der Waals surface area contributed by atoms with Gasteiger partial charge in [0.1, 0.15) is 6.04 Å². The van der Waals surface area contributed by atoms with Crippen molar-refractivity contribution in [3.63, 3.8) is 0 Å². The zero-order valence-electron chi connectivity index (χ0n) is 14.0. The second-order valence-corrected chi connectivity index (χ2v) is 5.91. The van der Waals surface area contributed by atoms with Gasteiger partial charge in [0, 0.05) is 26.8 Å². The Morgan fingerprint density at radius 1 is 1.04 bits per heavy atom. The molecular weight excluding hydrogens is 290 g/mol. The number of benzene rings is 2. The molecule has 2 aromatic rings. The molecule has 23 heavy (non-hydrogen) atoms. The quantitative estimate of drug-likeness (QED) is 0.917. The lowest BCUT2D eigenvalue weighted by Crippen LogP contribution is -2.47. The molecule has 2 aromatic carbocycles. The molecule has 122 valence electrons. The lowest BCUT2D eigenvalue weighted by Gasteiger charge is -2.22. The Hall–Kier alpha value is -2.56. The maximum Gasteiger partial charge on any atom is 0.244 e. The minimum Gasteiger partial charge on any atom is -0.365 e. The third-order valence-corrected chi connectivity index (χ3v) is 3.74. The molecule has 0 aliphatic carbocycles. The maximum atomic E-state index is 12.1.